The number of carbonyl (C=O) groups is 2. The number of hydrogen-bond acceptors (Lipinski definition) is 2. The lowest BCUT2D eigenvalue weighted by molar-refractivity contribution is -0.125. The first kappa shape index (κ1) is 13.8. The van der Waals surface area contributed by atoms with E-state index in [2.05, 4.69) is 26.8 Å². The van der Waals surface area contributed by atoms with E-state index >= 15 is 0 Å². The van der Waals surface area contributed by atoms with Gasteiger partial charge in [-0.2, -0.15) is 0 Å². The number of hydrazine groups is 1. The van der Waals surface area contributed by atoms with Crippen LogP contribution in [0.3, 0.4) is 0 Å². The average Bonchev–Trinajstić information content (AvgIpc) is 2.63. The van der Waals surface area contributed by atoms with Gasteiger partial charge in [-0.1, -0.05) is 13.8 Å². The molecule has 1 rings (SSSR count). The molecule has 0 aliphatic heterocycles. The molecule has 17 heavy (non-hydrogen) atoms. The van der Waals surface area contributed by atoms with Gasteiger partial charge < -0.3 is 4.57 Å². The third-order valence-corrected chi connectivity index (χ3v) is 3.00. The zero-order chi connectivity index (χ0) is 13.0. The van der Waals surface area contributed by atoms with Crippen LogP contribution in [0.25, 0.3) is 0 Å². The molecular formula is C11H16BrN3O2. The Labute approximate surface area is 109 Å². The Morgan fingerprint density at radius 2 is 2.12 bits per heavy atom. The Bertz CT molecular complexity index is 428. The summed E-state index contributed by atoms with van der Waals surface area (Å²) in [5.41, 5.74) is 5.26. The van der Waals surface area contributed by atoms with Crippen molar-refractivity contribution in [3.8, 4) is 0 Å². The first-order chi connectivity index (χ1) is 7.95. The summed E-state index contributed by atoms with van der Waals surface area (Å²) in [5, 5.41) is 0. The van der Waals surface area contributed by atoms with E-state index in [-0.39, 0.29) is 17.7 Å². The molecule has 0 spiro atoms. The molecule has 1 heterocycles. The van der Waals surface area contributed by atoms with Crippen LogP contribution >= 0.6 is 15.9 Å². The van der Waals surface area contributed by atoms with Crippen LogP contribution in [0, 0.1) is 5.92 Å². The molecule has 2 amide bonds. The molecule has 0 saturated heterocycles. The largest absolute Gasteiger partial charge is 0.345 e. The molecule has 0 radical (unpaired) electrons. The zero-order valence-electron chi connectivity index (χ0n) is 10.1. The number of aromatic nitrogens is 1. The van der Waals surface area contributed by atoms with E-state index in [1.165, 1.54) is 0 Å². The van der Waals surface area contributed by atoms with E-state index < -0.39 is 0 Å². The van der Waals surface area contributed by atoms with E-state index in [0.717, 1.165) is 10.9 Å². The van der Waals surface area contributed by atoms with Gasteiger partial charge in [-0.15, -0.1) is 0 Å². The molecule has 0 aliphatic rings. The summed E-state index contributed by atoms with van der Waals surface area (Å²) in [7, 11) is 1.76. The van der Waals surface area contributed by atoms with Crippen molar-refractivity contribution >= 4 is 27.7 Å². The summed E-state index contributed by atoms with van der Waals surface area (Å²) >= 11 is 3.28. The van der Waals surface area contributed by atoms with Crippen LogP contribution in [0.5, 0.6) is 0 Å². The summed E-state index contributed by atoms with van der Waals surface area (Å²) in [4.78, 5) is 23.2. The quantitative estimate of drug-likeness (QED) is 0.833. The smallest absolute Gasteiger partial charge is 0.286 e. The Morgan fingerprint density at radius 1 is 1.47 bits per heavy atom. The van der Waals surface area contributed by atoms with E-state index in [1.54, 1.807) is 30.8 Å². The van der Waals surface area contributed by atoms with Crippen LogP contribution < -0.4 is 10.9 Å². The average molecular weight is 302 g/mol. The zero-order valence-corrected chi connectivity index (χ0v) is 11.7. The van der Waals surface area contributed by atoms with Crippen molar-refractivity contribution in [1.82, 2.24) is 15.4 Å². The summed E-state index contributed by atoms with van der Waals surface area (Å²) in [6.07, 6.45) is 2.50. The molecule has 0 aromatic carbocycles. The van der Waals surface area contributed by atoms with Crippen molar-refractivity contribution in [3.05, 3.63) is 22.4 Å². The molecule has 0 unspecified atom stereocenters. The normalized spacial score (nSPS) is 12.0. The topological polar surface area (TPSA) is 63.1 Å². The molecule has 1 aromatic heterocycles. The third kappa shape index (κ3) is 3.59. The van der Waals surface area contributed by atoms with Crippen LogP contribution in [0.2, 0.25) is 0 Å². The standard InChI is InChI=1S/C11H16BrN3O2/c1-4-7(2)10(16)13-14-11(17)9-5-8(12)6-15(9)3/h5-7H,4H2,1-3H3,(H,13,16)(H,14,17)/t7-/m0/s1. The van der Waals surface area contributed by atoms with E-state index in [1.807, 2.05) is 6.92 Å². The lowest BCUT2D eigenvalue weighted by atomic mass is 10.1. The van der Waals surface area contributed by atoms with E-state index in [0.29, 0.717) is 5.69 Å². The Balaban J connectivity index is 2.56. The van der Waals surface area contributed by atoms with E-state index in [4.69, 9.17) is 0 Å². The fourth-order valence-electron chi connectivity index (χ4n) is 1.24. The molecule has 94 valence electrons. The summed E-state index contributed by atoms with van der Waals surface area (Å²) in [6.45, 7) is 3.72. The first-order valence-corrected chi connectivity index (χ1v) is 6.17. The molecule has 0 bridgehead atoms. The highest BCUT2D eigenvalue weighted by atomic mass is 79.9. The van der Waals surface area contributed by atoms with Gasteiger partial charge in [-0.3, -0.25) is 20.4 Å². The van der Waals surface area contributed by atoms with Gasteiger partial charge in [0.2, 0.25) is 5.91 Å². The number of halogens is 1. The Hall–Kier alpha value is -1.30. The highest BCUT2D eigenvalue weighted by Gasteiger charge is 2.14. The van der Waals surface area contributed by atoms with Crippen molar-refractivity contribution in [3.63, 3.8) is 0 Å². The third-order valence-electron chi connectivity index (χ3n) is 2.56. The van der Waals surface area contributed by atoms with Gasteiger partial charge in [-0.25, -0.2) is 0 Å². The SMILES string of the molecule is CC[C@H](C)C(=O)NNC(=O)c1cc(Br)cn1C. The molecule has 0 saturated carbocycles. The maximum atomic E-state index is 11.7. The number of nitrogens with zero attached hydrogens (tertiary/aromatic N) is 1. The summed E-state index contributed by atoms with van der Waals surface area (Å²) in [6, 6.07) is 1.69. The number of aryl methyl sites for hydroxylation is 1. The number of nitrogens with one attached hydrogen (secondary N) is 2. The highest BCUT2D eigenvalue weighted by molar-refractivity contribution is 9.10. The number of rotatable bonds is 3. The fourth-order valence-corrected chi connectivity index (χ4v) is 1.76. The van der Waals surface area contributed by atoms with Crippen molar-refractivity contribution < 1.29 is 9.59 Å². The second-order valence-electron chi connectivity index (χ2n) is 3.91. The predicted molar refractivity (Wildman–Crippen MR) is 68.2 cm³/mol. The lowest BCUT2D eigenvalue weighted by Crippen LogP contribution is -2.44. The molecule has 1 aromatic rings. The van der Waals surface area contributed by atoms with Gasteiger partial charge >= 0.3 is 0 Å². The van der Waals surface area contributed by atoms with Crippen LogP contribution in [-0.2, 0) is 11.8 Å². The molecule has 1 atom stereocenters. The Kier molecular flexibility index (Phi) is 4.74. The summed E-state index contributed by atoms with van der Waals surface area (Å²) in [5.74, 6) is -0.639. The minimum Gasteiger partial charge on any atom is -0.345 e. The molecule has 6 heteroatoms. The van der Waals surface area contributed by atoms with Gasteiger partial charge in [0.25, 0.3) is 5.91 Å². The number of hydrogen-bond donors (Lipinski definition) is 2. The van der Waals surface area contributed by atoms with Crippen LogP contribution in [0.15, 0.2) is 16.7 Å². The van der Waals surface area contributed by atoms with Gasteiger partial charge in [0.15, 0.2) is 0 Å². The number of amides is 2. The molecule has 5 nitrogen and oxygen atoms in total. The second kappa shape index (κ2) is 5.86. The molecule has 0 aliphatic carbocycles. The monoisotopic (exact) mass is 301 g/mol. The predicted octanol–water partition coefficient (Wildman–Crippen LogP) is 1.59. The number of carbonyl (C=O) groups excluding carboxylic acids is 2. The van der Waals surface area contributed by atoms with Gasteiger partial charge in [0, 0.05) is 23.6 Å². The maximum absolute atomic E-state index is 11.7. The van der Waals surface area contributed by atoms with Gasteiger partial charge in [-0.05, 0) is 28.4 Å². The minimum absolute atomic E-state index is 0.115. The van der Waals surface area contributed by atoms with Crippen molar-refractivity contribution in [2.24, 2.45) is 13.0 Å². The van der Waals surface area contributed by atoms with Crippen molar-refractivity contribution in [1.29, 1.82) is 0 Å². The van der Waals surface area contributed by atoms with Crippen LogP contribution in [-0.4, -0.2) is 16.4 Å². The fraction of sp³-hybridized carbons (Fsp3) is 0.455. The van der Waals surface area contributed by atoms with Crippen LogP contribution in [0.1, 0.15) is 30.8 Å². The maximum Gasteiger partial charge on any atom is 0.286 e. The van der Waals surface area contributed by atoms with Crippen LogP contribution in [0.4, 0.5) is 0 Å². The summed E-state index contributed by atoms with van der Waals surface area (Å²) < 4.78 is 2.49. The molecule has 0 fully saturated rings. The lowest BCUT2D eigenvalue weighted by Gasteiger charge is -2.11. The highest BCUT2D eigenvalue weighted by Crippen LogP contribution is 2.13. The first-order valence-electron chi connectivity index (χ1n) is 5.37. The molecular weight excluding hydrogens is 286 g/mol. The van der Waals surface area contributed by atoms with Crippen molar-refractivity contribution in [2.75, 3.05) is 0 Å². The molecule has 2 N–H and O–H groups in total. The minimum atomic E-state index is -0.338. The van der Waals surface area contributed by atoms with Crippen molar-refractivity contribution in [2.45, 2.75) is 20.3 Å². The van der Waals surface area contributed by atoms with Gasteiger partial charge in [0.05, 0.1) is 0 Å². The van der Waals surface area contributed by atoms with Gasteiger partial charge in [0.1, 0.15) is 5.69 Å². The van der Waals surface area contributed by atoms with E-state index in [9.17, 15) is 9.59 Å². The second-order valence-corrected chi connectivity index (χ2v) is 4.82. The Morgan fingerprint density at radius 3 is 2.59 bits per heavy atom.